The molecule has 0 radical (unpaired) electrons. The highest BCUT2D eigenvalue weighted by molar-refractivity contribution is 7.13. The zero-order chi connectivity index (χ0) is 21.6. The van der Waals surface area contributed by atoms with Gasteiger partial charge in [-0.05, 0) is 17.9 Å². The molecule has 154 valence electrons. The lowest BCUT2D eigenvalue weighted by Crippen LogP contribution is -2.53. The van der Waals surface area contributed by atoms with Crippen LogP contribution in [-0.2, 0) is 9.59 Å². The first-order valence-electron chi connectivity index (χ1n) is 9.12. The fraction of sp³-hybridized carbons (Fsp3) is 0.421. The van der Waals surface area contributed by atoms with Crippen LogP contribution in [-0.4, -0.2) is 29.3 Å². The van der Waals surface area contributed by atoms with Crippen LogP contribution in [0.5, 0.6) is 0 Å². The molecule has 0 saturated heterocycles. The zero-order valence-corrected chi connectivity index (χ0v) is 17.2. The molecular formula is C19H25N7O2S. The van der Waals surface area contributed by atoms with Gasteiger partial charge in [-0.1, -0.05) is 38.5 Å². The Labute approximate surface area is 173 Å². The topological polar surface area (TPSA) is 173 Å². The Morgan fingerprint density at radius 3 is 2.72 bits per heavy atom. The number of aliphatic imine (C=N–C) groups is 1. The van der Waals surface area contributed by atoms with Gasteiger partial charge in [-0.2, -0.15) is 10.3 Å². The largest absolute Gasteiger partial charge is 0.370 e. The third-order valence-electron chi connectivity index (χ3n) is 4.67. The highest BCUT2D eigenvalue weighted by Gasteiger charge is 2.49. The molecule has 2 amide bonds. The van der Waals surface area contributed by atoms with Crippen LogP contribution in [0.3, 0.4) is 0 Å². The molecular weight excluding hydrogens is 390 g/mol. The maximum atomic E-state index is 12.8. The van der Waals surface area contributed by atoms with E-state index in [4.69, 9.17) is 22.5 Å². The molecule has 2 rings (SSSR count). The van der Waals surface area contributed by atoms with Crippen molar-refractivity contribution in [1.29, 1.82) is 5.26 Å². The van der Waals surface area contributed by atoms with Gasteiger partial charge >= 0.3 is 0 Å². The number of hydrogen-bond acceptors (Lipinski definition) is 6. The SMILES string of the molecule is CC(C)CCC1C=C(c2csc(N=C(N)N)n2)C=CC1(C(N)=O)C(=O)NCC#N. The van der Waals surface area contributed by atoms with Gasteiger partial charge in [0.2, 0.25) is 16.9 Å². The van der Waals surface area contributed by atoms with E-state index >= 15 is 0 Å². The van der Waals surface area contributed by atoms with Gasteiger partial charge in [-0.3, -0.25) is 9.59 Å². The van der Waals surface area contributed by atoms with Crippen LogP contribution in [0.4, 0.5) is 5.13 Å². The fourth-order valence-corrected chi connectivity index (χ4v) is 3.90. The van der Waals surface area contributed by atoms with Crippen LogP contribution < -0.4 is 22.5 Å². The molecule has 1 aliphatic rings. The Bertz CT molecular complexity index is 906. The van der Waals surface area contributed by atoms with Crippen LogP contribution in [0.2, 0.25) is 0 Å². The van der Waals surface area contributed by atoms with Crippen molar-refractivity contribution in [2.45, 2.75) is 26.7 Å². The van der Waals surface area contributed by atoms with E-state index in [1.807, 2.05) is 12.1 Å². The molecule has 10 heteroatoms. The maximum Gasteiger partial charge on any atom is 0.241 e. The molecule has 1 aromatic rings. The molecule has 29 heavy (non-hydrogen) atoms. The minimum Gasteiger partial charge on any atom is -0.370 e. The molecule has 2 unspecified atom stereocenters. The standard InChI is InChI=1S/C19H25N7O2S/c1-11(2)3-4-13-9-12(14-10-29-18(25-14)26-17(22)23)5-6-19(13,15(21)27)16(28)24-8-7-20/h5-6,9-11,13H,3-4,8H2,1-2H3,(H2,21,27)(H,24,28)(H4,22,23,25,26). The van der Waals surface area contributed by atoms with E-state index in [1.165, 1.54) is 17.4 Å². The molecule has 0 spiro atoms. The van der Waals surface area contributed by atoms with Crippen LogP contribution >= 0.6 is 11.3 Å². The Balaban J connectivity index is 2.45. The smallest absolute Gasteiger partial charge is 0.241 e. The number of nitrogens with two attached hydrogens (primary N) is 3. The predicted molar refractivity (Wildman–Crippen MR) is 113 cm³/mol. The summed E-state index contributed by atoms with van der Waals surface area (Å²) in [5, 5.41) is 13.5. The van der Waals surface area contributed by atoms with E-state index in [-0.39, 0.29) is 12.5 Å². The summed E-state index contributed by atoms with van der Waals surface area (Å²) in [6.45, 7) is 3.92. The number of nitriles is 1. The first-order valence-corrected chi connectivity index (χ1v) is 10.0. The molecule has 1 heterocycles. The lowest BCUT2D eigenvalue weighted by atomic mass is 9.67. The summed E-state index contributed by atoms with van der Waals surface area (Å²) < 4.78 is 0. The van der Waals surface area contributed by atoms with Crippen molar-refractivity contribution in [1.82, 2.24) is 10.3 Å². The van der Waals surface area contributed by atoms with Crippen molar-refractivity contribution in [2.75, 3.05) is 6.54 Å². The van der Waals surface area contributed by atoms with Crippen molar-refractivity contribution in [2.24, 2.45) is 39.4 Å². The lowest BCUT2D eigenvalue weighted by molar-refractivity contribution is -0.140. The Morgan fingerprint density at radius 2 is 2.14 bits per heavy atom. The monoisotopic (exact) mass is 415 g/mol. The highest BCUT2D eigenvalue weighted by Crippen LogP contribution is 2.41. The number of nitrogens with one attached hydrogen (secondary N) is 1. The molecule has 1 aliphatic carbocycles. The van der Waals surface area contributed by atoms with Gasteiger partial charge in [0, 0.05) is 11.3 Å². The number of rotatable bonds is 8. The fourth-order valence-electron chi connectivity index (χ4n) is 3.19. The summed E-state index contributed by atoms with van der Waals surface area (Å²) in [5.74, 6) is -1.53. The number of primary amides is 1. The van der Waals surface area contributed by atoms with Crippen molar-refractivity contribution in [3.8, 4) is 6.07 Å². The van der Waals surface area contributed by atoms with Gasteiger partial charge in [-0.25, -0.2) is 4.98 Å². The van der Waals surface area contributed by atoms with E-state index in [1.54, 1.807) is 11.5 Å². The second kappa shape index (κ2) is 9.34. The molecule has 0 saturated carbocycles. The second-order valence-corrected chi connectivity index (χ2v) is 8.00. The van der Waals surface area contributed by atoms with Gasteiger partial charge in [0.1, 0.15) is 6.54 Å². The third kappa shape index (κ3) is 5.00. The molecule has 1 aromatic heterocycles. The number of allylic oxidation sites excluding steroid dienone is 3. The number of aromatic nitrogens is 1. The Hall–Kier alpha value is -3.19. The number of amides is 2. The third-order valence-corrected chi connectivity index (χ3v) is 5.40. The van der Waals surface area contributed by atoms with Gasteiger partial charge in [0.15, 0.2) is 11.4 Å². The Morgan fingerprint density at radius 1 is 1.41 bits per heavy atom. The number of carbonyl (C=O) groups excluding carboxylic acids is 2. The number of guanidine groups is 1. The highest BCUT2D eigenvalue weighted by atomic mass is 32.1. The first kappa shape index (κ1) is 22.1. The van der Waals surface area contributed by atoms with E-state index in [0.717, 1.165) is 12.0 Å². The summed E-state index contributed by atoms with van der Waals surface area (Å²) in [4.78, 5) is 33.6. The quantitative estimate of drug-likeness (QED) is 0.214. The van der Waals surface area contributed by atoms with E-state index < -0.39 is 23.1 Å². The summed E-state index contributed by atoms with van der Waals surface area (Å²) in [7, 11) is 0. The summed E-state index contributed by atoms with van der Waals surface area (Å²) in [5.41, 5.74) is 16.3. The molecule has 0 aliphatic heterocycles. The molecule has 0 bridgehead atoms. The van der Waals surface area contributed by atoms with Gasteiger partial charge in [0.25, 0.3) is 0 Å². The van der Waals surface area contributed by atoms with Crippen molar-refractivity contribution in [3.63, 3.8) is 0 Å². The summed E-state index contributed by atoms with van der Waals surface area (Å²) >= 11 is 1.27. The average Bonchev–Trinajstić information content (AvgIpc) is 3.11. The van der Waals surface area contributed by atoms with E-state index in [9.17, 15) is 9.59 Å². The second-order valence-electron chi connectivity index (χ2n) is 7.16. The number of hydrogen-bond donors (Lipinski definition) is 4. The van der Waals surface area contributed by atoms with Crippen LogP contribution in [0.25, 0.3) is 5.57 Å². The molecule has 9 nitrogen and oxygen atoms in total. The first-order chi connectivity index (χ1) is 13.7. The number of carbonyl (C=O) groups is 2. The normalized spacial score (nSPS) is 20.6. The Kier molecular flexibility index (Phi) is 7.12. The molecule has 7 N–H and O–H groups in total. The molecule has 2 atom stereocenters. The van der Waals surface area contributed by atoms with E-state index in [0.29, 0.717) is 23.2 Å². The van der Waals surface area contributed by atoms with Crippen molar-refractivity contribution < 1.29 is 9.59 Å². The van der Waals surface area contributed by atoms with Crippen LogP contribution in [0, 0.1) is 28.6 Å². The van der Waals surface area contributed by atoms with E-state index in [2.05, 4.69) is 29.1 Å². The predicted octanol–water partition coefficient (Wildman–Crippen LogP) is 1.17. The maximum absolute atomic E-state index is 12.8. The van der Waals surface area contributed by atoms with Gasteiger partial charge < -0.3 is 22.5 Å². The average molecular weight is 416 g/mol. The van der Waals surface area contributed by atoms with Crippen molar-refractivity contribution in [3.05, 3.63) is 29.3 Å². The van der Waals surface area contributed by atoms with Gasteiger partial charge in [0.05, 0.1) is 11.8 Å². The minimum atomic E-state index is -1.56. The minimum absolute atomic E-state index is 0.0872. The zero-order valence-electron chi connectivity index (χ0n) is 16.4. The molecule has 0 aromatic carbocycles. The summed E-state index contributed by atoms with van der Waals surface area (Å²) in [6.07, 6.45) is 6.37. The summed E-state index contributed by atoms with van der Waals surface area (Å²) in [6, 6.07) is 1.85. The van der Waals surface area contributed by atoms with Crippen LogP contribution in [0.1, 0.15) is 32.4 Å². The van der Waals surface area contributed by atoms with Gasteiger partial charge in [-0.15, -0.1) is 11.3 Å². The lowest BCUT2D eigenvalue weighted by Gasteiger charge is -2.35. The van der Waals surface area contributed by atoms with Crippen LogP contribution in [0.15, 0.2) is 28.6 Å². The van der Waals surface area contributed by atoms with Crippen molar-refractivity contribution >= 4 is 39.8 Å². The number of nitrogens with zero attached hydrogens (tertiary/aromatic N) is 3. The number of thiazole rings is 1. The molecule has 0 fully saturated rings.